The summed E-state index contributed by atoms with van der Waals surface area (Å²) >= 11 is 0. The summed E-state index contributed by atoms with van der Waals surface area (Å²) in [6.07, 6.45) is 6.89. The lowest BCUT2D eigenvalue weighted by Gasteiger charge is -2.34. The van der Waals surface area contributed by atoms with Gasteiger partial charge in [-0.25, -0.2) is 0 Å². The summed E-state index contributed by atoms with van der Waals surface area (Å²) in [5, 5.41) is 42.2. The first-order valence-electron chi connectivity index (χ1n) is 8.21. The molecule has 0 atom stereocenters. The van der Waals surface area contributed by atoms with Crippen molar-refractivity contribution in [3.8, 4) is 0 Å². The highest BCUT2D eigenvalue weighted by molar-refractivity contribution is 5.54. The van der Waals surface area contributed by atoms with E-state index in [0.717, 1.165) is 0 Å². The largest absolute Gasteiger partial charge is 0.386 e. The molecule has 0 aromatic carbocycles. The van der Waals surface area contributed by atoms with Gasteiger partial charge in [-0.2, -0.15) is 0 Å². The quantitative estimate of drug-likeness (QED) is 0.636. The van der Waals surface area contributed by atoms with E-state index in [1.807, 2.05) is 0 Å². The van der Waals surface area contributed by atoms with Crippen LogP contribution in [0.2, 0.25) is 0 Å². The molecule has 0 heterocycles. The van der Waals surface area contributed by atoms with E-state index in [1.54, 1.807) is 79.7 Å². The molecule has 4 N–H and O–H groups in total. The topological polar surface area (TPSA) is 80.9 Å². The van der Waals surface area contributed by atoms with Gasteiger partial charge in [0.2, 0.25) is 0 Å². The molecule has 0 bridgehead atoms. The fourth-order valence-corrected chi connectivity index (χ4v) is 2.52. The minimum absolute atomic E-state index is 0.498. The molecule has 0 aromatic rings. The van der Waals surface area contributed by atoms with E-state index >= 15 is 0 Å². The lowest BCUT2D eigenvalue weighted by Crippen LogP contribution is -2.35. The molecule has 136 valence electrons. The molecule has 0 spiro atoms. The number of hydrogen-bond donors (Lipinski definition) is 4. The van der Waals surface area contributed by atoms with E-state index in [-0.39, 0.29) is 0 Å². The first kappa shape index (κ1) is 20.8. The summed E-state index contributed by atoms with van der Waals surface area (Å²) in [4.78, 5) is 0. The van der Waals surface area contributed by atoms with Crippen molar-refractivity contribution < 1.29 is 20.4 Å². The molecule has 0 amide bonds. The Morgan fingerprint density at radius 3 is 0.917 bits per heavy atom. The minimum atomic E-state index is -1.24. The molecule has 24 heavy (non-hydrogen) atoms. The van der Waals surface area contributed by atoms with Crippen LogP contribution in [0.25, 0.3) is 0 Å². The van der Waals surface area contributed by atoms with Crippen LogP contribution in [0.3, 0.4) is 0 Å². The summed E-state index contributed by atoms with van der Waals surface area (Å²) < 4.78 is 0. The molecular formula is C20H32O4. The SMILES string of the molecule is CC(C)(O)C1=CC=C(C(C)(C)O)C=C(C(C)(C)O)C(C(C)(C)O)=C1. The molecule has 1 aliphatic rings. The Morgan fingerprint density at radius 1 is 0.500 bits per heavy atom. The van der Waals surface area contributed by atoms with Crippen molar-refractivity contribution in [2.45, 2.75) is 77.8 Å². The number of allylic oxidation sites excluding steroid dienone is 2. The van der Waals surface area contributed by atoms with Crippen LogP contribution >= 0.6 is 0 Å². The predicted octanol–water partition coefficient (Wildman–Crippen LogP) is 2.79. The summed E-state index contributed by atoms with van der Waals surface area (Å²) in [5.41, 5.74) is -2.60. The van der Waals surface area contributed by atoms with Crippen molar-refractivity contribution in [2.24, 2.45) is 0 Å². The van der Waals surface area contributed by atoms with Gasteiger partial charge in [0, 0.05) is 0 Å². The lowest BCUT2D eigenvalue weighted by molar-refractivity contribution is 0.0901. The number of hydrogen-bond acceptors (Lipinski definition) is 4. The molecule has 1 rings (SSSR count). The van der Waals surface area contributed by atoms with Gasteiger partial charge in [-0.05, 0) is 89.8 Å². The Morgan fingerprint density at radius 2 is 0.750 bits per heavy atom. The van der Waals surface area contributed by atoms with Crippen LogP contribution < -0.4 is 0 Å². The maximum atomic E-state index is 10.7. The van der Waals surface area contributed by atoms with Gasteiger partial charge in [-0.15, -0.1) is 0 Å². The molecule has 4 heteroatoms. The maximum Gasteiger partial charge on any atom is 0.0844 e. The van der Waals surface area contributed by atoms with E-state index in [0.29, 0.717) is 22.3 Å². The van der Waals surface area contributed by atoms with Crippen LogP contribution in [-0.2, 0) is 0 Å². The number of rotatable bonds is 4. The molecule has 0 aliphatic heterocycles. The Labute approximate surface area is 145 Å². The van der Waals surface area contributed by atoms with Gasteiger partial charge in [0.25, 0.3) is 0 Å². The molecule has 0 saturated heterocycles. The van der Waals surface area contributed by atoms with Gasteiger partial charge in [0.15, 0.2) is 0 Å². The van der Waals surface area contributed by atoms with Crippen molar-refractivity contribution in [1.82, 2.24) is 0 Å². The van der Waals surface area contributed by atoms with Crippen LogP contribution in [0.1, 0.15) is 55.4 Å². The van der Waals surface area contributed by atoms with Crippen LogP contribution in [0.4, 0.5) is 0 Å². The molecular weight excluding hydrogens is 304 g/mol. The van der Waals surface area contributed by atoms with E-state index in [1.165, 1.54) is 0 Å². The molecule has 4 nitrogen and oxygen atoms in total. The highest BCUT2D eigenvalue weighted by Gasteiger charge is 2.34. The summed E-state index contributed by atoms with van der Waals surface area (Å²) in [5.74, 6) is 0. The van der Waals surface area contributed by atoms with Crippen LogP contribution in [-0.4, -0.2) is 42.8 Å². The van der Waals surface area contributed by atoms with Gasteiger partial charge < -0.3 is 20.4 Å². The maximum absolute atomic E-state index is 10.7. The highest BCUT2D eigenvalue weighted by atomic mass is 16.3. The Bertz CT molecular complexity index is 548. The number of aliphatic hydroxyl groups is 4. The molecule has 0 aromatic heterocycles. The third-order valence-electron chi connectivity index (χ3n) is 4.06. The predicted molar refractivity (Wildman–Crippen MR) is 97.5 cm³/mol. The van der Waals surface area contributed by atoms with Crippen molar-refractivity contribution >= 4 is 0 Å². The molecule has 0 unspecified atom stereocenters. The Hall–Kier alpha value is -1.20. The highest BCUT2D eigenvalue weighted by Crippen LogP contribution is 2.37. The van der Waals surface area contributed by atoms with Crippen LogP contribution in [0.5, 0.6) is 0 Å². The Balaban J connectivity index is 3.82. The van der Waals surface area contributed by atoms with Crippen molar-refractivity contribution in [3.05, 3.63) is 46.6 Å². The average molecular weight is 336 g/mol. The van der Waals surface area contributed by atoms with Gasteiger partial charge in [0.05, 0.1) is 22.4 Å². The fraction of sp³-hybridized carbons (Fsp3) is 0.600. The Kier molecular flexibility index (Phi) is 5.44. The zero-order valence-corrected chi connectivity index (χ0v) is 16.1. The third kappa shape index (κ3) is 5.15. The standard InChI is InChI=1S/C20H32O4/c1-17(2,21)13-9-10-14(18(3,4)22)12-16(20(7,8)24)15(11-13)19(5,6)23/h9-12,21-24H,1-8H3. The zero-order valence-electron chi connectivity index (χ0n) is 16.1. The van der Waals surface area contributed by atoms with Crippen molar-refractivity contribution in [1.29, 1.82) is 0 Å². The van der Waals surface area contributed by atoms with E-state index in [9.17, 15) is 20.4 Å². The molecule has 0 radical (unpaired) electrons. The second-order valence-electron chi connectivity index (χ2n) is 8.60. The van der Waals surface area contributed by atoms with Crippen LogP contribution in [0.15, 0.2) is 46.6 Å². The second-order valence-corrected chi connectivity index (χ2v) is 8.60. The fourth-order valence-electron chi connectivity index (χ4n) is 2.52. The van der Waals surface area contributed by atoms with E-state index in [4.69, 9.17) is 0 Å². The molecule has 1 aliphatic carbocycles. The van der Waals surface area contributed by atoms with Gasteiger partial charge in [0.1, 0.15) is 0 Å². The summed E-state index contributed by atoms with van der Waals surface area (Å²) in [6, 6.07) is 0. The van der Waals surface area contributed by atoms with Gasteiger partial charge in [-0.1, -0.05) is 12.2 Å². The molecule has 0 fully saturated rings. The third-order valence-corrected chi connectivity index (χ3v) is 4.06. The summed E-state index contributed by atoms with van der Waals surface area (Å²) in [6.45, 7) is 13.2. The van der Waals surface area contributed by atoms with Crippen molar-refractivity contribution in [3.63, 3.8) is 0 Å². The normalized spacial score (nSPS) is 18.2. The van der Waals surface area contributed by atoms with Gasteiger partial charge >= 0.3 is 0 Å². The zero-order chi connectivity index (χ0) is 19.1. The molecule has 0 saturated carbocycles. The summed E-state index contributed by atoms with van der Waals surface area (Å²) in [7, 11) is 0. The lowest BCUT2D eigenvalue weighted by atomic mass is 9.77. The van der Waals surface area contributed by atoms with E-state index < -0.39 is 22.4 Å². The smallest absolute Gasteiger partial charge is 0.0844 e. The minimum Gasteiger partial charge on any atom is -0.386 e. The van der Waals surface area contributed by atoms with Gasteiger partial charge in [-0.3, -0.25) is 0 Å². The first-order valence-corrected chi connectivity index (χ1v) is 8.21. The van der Waals surface area contributed by atoms with Crippen molar-refractivity contribution in [2.75, 3.05) is 0 Å². The second kappa shape index (κ2) is 6.26. The van der Waals surface area contributed by atoms with E-state index in [2.05, 4.69) is 0 Å². The monoisotopic (exact) mass is 336 g/mol. The average Bonchev–Trinajstić information content (AvgIpc) is 2.20. The first-order chi connectivity index (χ1) is 10.4. The van der Waals surface area contributed by atoms with Crippen LogP contribution in [0, 0.1) is 0 Å².